The van der Waals surface area contributed by atoms with Crippen molar-refractivity contribution in [2.24, 2.45) is 5.73 Å². The summed E-state index contributed by atoms with van der Waals surface area (Å²) < 4.78 is 0.637. The first-order chi connectivity index (χ1) is 8.99. The zero-order valence-corrected chi connectivity index (χ0v) is 11.9. The Balaban J connectivity index is 2.24. The molecule has 1 aromatic carbocycles. The van der Waals surface area contributed by atoms with Crippen LogP contribution in [-0.4, -0.2) is 29.6 Å². The lowest BCUT2D eigenvalue weighted by molar-refractivity contribution is -0.137. The zero-order valence-electron chi connectivity index (χ0n) is 10.3. The molecule has 1 aromatic rings. The first-order valence-corrected chi connectivity index (χ1v) is 6.86. The SMILES string of the molecule is NC(=O)c1ccc(N2CCCC2CC(=O)O)cc1Br. The molecule has 1 saturated heterocycles. The molecular formula is C13H15BrN2O3. The van der Waals surface area contributed by atoms with Crippen molar-refractivity contribution in [3.05, 3.63) is 28.2 Å². The van der Waals surface area contributed by atoms with E-state index in [1.165, 1.54) is 0 Å². The fraction of sp³-hybridized carbons (Fsp3) is 0.385. The van der Waals surface area contributed by atoms with Crippen LogP contribution >= 0.6 is 15.9 Å². The summed E-state index contributed by atoms with van der Waals surface area (Å²) in [6.45, 7) is 0.834. The summed E-state index contributed by atoms with van der Waals surface area (Å²) in [5.74, 6) is -1.27. The number of carboxylic acid groups (broad SMARTS) is 1. The molecule has 1 amide bonds. The van der Waals surface area contributed by atoms with Crippen LogP contribution in [-0.2, 0) is 4.79 Å². The van der Waals surface area contributed by atoms with Gasteiger partial charge in [-0.25, -0.2) is 0 Å². The highest BCUT2D eigenvalue weighted by molar-refractivity contribution is 9.10. The number of halogens is 1. The number of nitrogens with two attached hydrogens (primary N) is 1. The number of benzene rings is 1. The molecule has 0 spiro atoms. The Bertz CT molecular complexity index is 519. The highest BCUT2D eigenvalue weighted by atomic mass is 79.9. The Kier molecular flexibility index (Phi) is 4.09. The fourth-order valence-electron chi connectivity index (χ4n) is 2.47. The Hall–Kier alpha value is -1.56. The highest BCUT2D eigenvalue weighted by Gasteiger charge is 2.27. The molecule has 102 valence electrons. The second-order valence-corrected chi connectivity index (χ2v) is 5.47. The molecule has 0 bridgehead atoms. The van der Waals surface area contributed by atoms with Crippen LogP contribution in [0.15, 0.2) is 22.7 Å². The number of carbonyl (C=O) groups excluding carboxylic acids is 1. The fourth-order valence-corrected chi connectivity index (χ4v) is 3.03. The number of rotatable bonds is 4. The van der Waals surface area contributed by atoms with Crippen molar-refractivity contribution < 1.29 is 14.7 Å². The maximum absolute atomic E-state index is 11.2. The molecule has 0 aromatic heterocycles. The maximum Gasteiger partial charge on any atom is 0.305 e. The molecule has 1 unspecified atom stereocenters. The molecule has 1 aliphatic heterocycles. The monoisotopic (exact) mass is 326 g/mol. The largest absolute Gasteiger partial charge is 0.481 e. The lowest BCUT2D eigenvalue weighted by atomic mass is 10.1. The first kappa shape index (κ1) is 13.9. The third-order valence-electron chi connectivity index (χ3n) is 3.34. The van der Waals surface area contributed by atoms with Gasteiger partial charge in [-0.2, -0.15) is 0 Å². The summed E-state index contributed by atoms with van der Waals surface area (Å²) in [5, 5.41) is 8.91. The molecule has 1 atom stereocenters. The standard InChI is InChI=1S/C13H15BrN2O3/c14-11-6-9(3-4-10(11)13(15)19)16-5-1-2-8(16)7-12(17)18/h3-4,6,8H,1-2,5,7H2,(H2,15,19)(H,17,18). The highest BCUT2D eigenvalue weighted by Crippen LogP contribution is 2.30. The maximum atomic E-state index is 11.2. The van der Waals surface area contributed by atoms with Crippen LogP contribution in [0.4, 0.5) is 5.69 Å². The molecule has 2 rings (SSSR count). The van der Waals surface area contributed by atoms with E-state index in [0.717, 1.165) is 25.1 Å². The van der Waals surface area contributed by atoms with Crippen molar-refractivity contribution in [3.63, 3.8) is 0 Å². The number of carbonyl (C=O) groups is 2. The summed E-state index contributed by atoms with van der Waals surface area (Å²) in [6.07, 6.45) is 1.99. The average molecular weight is 327 g/mol. The third-order valence-corrected chi connectivity index (χ3v) is 3.99. The van der Waals surface area contributed by atoms with E-state index < -0.39 is 11.9 Å². The number of hydrogen-bond acceptors (Lipinski definition) is 3. The van der Waals surface area contributed by atoms with Crippen molar-refractivity contribution >= 4 is 33.5 Å². The average Bonchev–Trinajstić information content (AvgIpc) is 2.75. The molecule has 1 fully saturated rings. The van der Waals surface area contributed by atoms with Crippen molar-refractivity contribution in [1.82, 2.24) is 0 Å². The summed E-state index contributed by atoms with van der Waals surface area (Å²) >= 11 is 3.32. The minimum Gasteiger partial charge on any atom is -0.481 e. The number of nitrogens with zero attached hydrogens (tertiary/aromatic N) is 1. The Morgan fingerprint density at radius 2 is 2.21 bits per heavy atom. The van der Waals surface area contributed by atoms with E-state index >= 15 is 0 Å². The van der Waals surface area contributed by atoms with Crippen molar-refractivity contribution in [3.8, 4) is 0 Å². The Morgan fingerprint density at radius 1 is 1.47 bits per heavy atom. The van der Waals surface area contributed by atoms with E-state index in [2.05, 4.69) is 20.8 Å². The van der Waals surface area contributed by atoms with E-state index in [1.54, 1.807) is 6.07 Å². The molecule has 5 nitrogen and oxygen atoms in total. The topological polar surface area (TPSA) is 83.6 Å². The van der Waals surface area contributed by atoms with E-state index in [9.17, 15) is 9.59 Å². The van der Waals surface area contributed by atoms with Crippen LogP contribution in [0.1, 0.15) is 29.6 Å². The number of hydrogen-bond donors (Lipinski definition) is 2. The lowest BCUT2D eigenvalue weighted by Crippen LogP contribution is -2.31. The number of primary amides is 1. The molecule has 19 heavy (non-hydrogen) atoms. The van der Waals surface area contributed by atoms with Gasteiger partial charge in [-0.3, -0.25) is 9.59 Å². The van der Waals surface area contributed by atoms with Crippen LogP contribution in [0.5, 0.6) is 0 Å². The van der Waals surface area contributed by atoms with Crippen molar-refractivity contribution in [2.45, 2.75) is 25.3 Å². The van der Waals surface area contributed by atoms with Gasteiger partial charge in [0.05, 0.1) is 12.0 Å². The van der Waals surface area contributed by atoms with Gasteiger partial charge in [0.25, 0.3) is 0 Å². The minimum absolute atomic E-state index is 0.0174. The van der Waals surface area contributed by atoms with Gasteiger partial charge in [-0.1, -0.05) is 0 Å². The number of amides is 1. The van der Waals surface area contributed by atoms with Gasteiger partial charge in [0.1, 0.15) is 0 Å². The van der Waals surface area contributed by atoms with Crippen LogP contribution in [0.2, 0.25) is 0 Å². The van der Waals surface area contributed by atoms with Crippen LogP contribution < -0.4 is 10.6 Å². The van der Waals surface area contributed by atoms with Gasteiger partial charge in [-0.05, 0) is 47.0 Å². The van der Waals surface area contributed by atoms with Crippen molar-refractivity contribution in [2.75, 3.05) is 11.4 Å². The van der Waals surface area contributed by atoms with E-state index in [0.29, 0.717) is 10.0 Å². The minimum atomic E-state index is -0.787. The molecule has 0 aliphatic carbocycles. The predicted molar refractivity (Wildman–Crippen MR) is 75.3 cm³/mol. The van der Waals surface area contributed by atoms with Gasteiger partial charge in [0, 0.05) is 22.7 Å². The Morgan fingerprint density at radius 3 is 2.79 bits per heavy atom. The smallest absolute Gasteiger partial charge is 0.305 e. The van der Waals surface area contributed by atoms with E-state index in [4.69, 9.17) is 10.8 Å². The normalized spacial score (nSPS) is 18.6. The number of aliphatic carboxylic acids is 1. The van der Waals surface area contributed by atoms with E-state index in [-0.39, 0.29) is 12.5 Å². The molecular weight excluding hydrogens is 312 g/mol. The van der Waals surface area contributed by atoms with Gasteiger partial charge in [-0.15, -0.1) is 0 Å². The second-order valence-electron chi connectivity index (χ2n) is 4.62. The Labute approximate surface area is 119 Å². The number of carboxylic acids is 1. The third kappa shape index (κ3) is 3.07. The van der Waals surface area contributed by atoms with Gasteiger partial charge in [0.2, 0.25) is 5.91 Å². The molecule has 1 heterocycles. The van der Waals surface area contributed by atoms with Crippen LogP contribution in [0.25, 0.3) is 0 Å². The zero-order chi connectivity index (χ0) is 14.0. The molecule has 0 radical (unpaired) electrons. The molecule has 3 N–H and O–H groups in total. The first-order valence-electron chi connectivity index (χ1n) is 6.07. The lowest BCUT2D eigenvalue weighted by Gasteiger charge is -2.26. The summed E-state index contributed by atoms with van der Waals surface area (Å²) in [5.41, 5.74) is 6.60. The van der Waals surface area contributed by atoms with Crippen LogP contribution in [0, 0.1) is 0 Å². The summed E-state index contributed by atoms with van der Waals surface area (Å²) in [6, 6.07) is 5.31. The van der Waals surface area contributed by atoms with Crippen molar-refractivity contribution in [1.29, 1.82) is 0 Å². The number of anilines is 1. The van der Waals surface area contributed by atoms with E-state index in [1.807, 2.05) is 12.1 Å². The van der Waals surface area contributed by atoms with Gasteiger partial charge < -0.3 is 15.7 Å². The quantitative estimate of drug-likeness (QED) is 0.886. The van der Waals surface area contributed by atoms with Crippen LogP contribution in [0.3, 0.4) is 0 Å². The van der Waals surface area contributed by atoms with Gasteiger partial charge >= 0.3 is 5.97 Å². The van der Waals surface area contributed by atoms with Gasteiger partial charge in [0.15, 0.2) is 0 Å². The molecule has 1 aliphatic rings. The molecule has 0 saturated carbocycles. The second kappa shape index (κ2) is 5.61. The summed E-state index contributed by atoms with van der Waals surface area (Å²) in [4.78, 5) is 24.1. The predicted octanol–water partition coefficient (Wildman–Crippen LogP) is 1.99. The summed E-state index contributed by atoms with van der Waals surface area (Å²) in [7, 11) is 0. The molecule has 6 heteroatoms.